The van der Waals surface area contributed by atoms with Crippen LogP contribution in [-0.2, 0) is 9.59 Å². The number of nitrogens with one attached hydrogen (secondary N) is 1. The molecule has 246 valence electrons. The van der Waals surface area contributed by atoms with Crippen LogP contribution in [0.1, 0.15) is 15.9 Å². The molecule has 0 unspecified atom stereocenters. The van der Waals surface area contributed by atoms with Crippen LogP contribution < -0.4 is 16.9 Å². The molecule has 0 fully saturated rings. The molecule has 0 heterocycles. The van der Waals surface area contributed by atoms with E-state index >= 15 is 0 Å². The summed E-state index contributed by atoms with van der Waals surface area (Å²) in [6, 6.07) is 23.5. The molecule has 0 spiro atoms. The smallest absolute Gasteiger partial charge is 0.339 e. The number of amides is 1. The van der Waals surface area contributed by atoms with E-state index in [2.05, 4.69) is 31.0 Å². The van der Waals surface area contributed by atoms with E-state index in [4.69, 9.17) is 16.6 Å². The van der Waals surface area contributed by atoms with Crippen LogP contribution in [0.15, 0.2) is 138 Å². The number of carboxylic acids is 1. The summed E-state index contributed by atoms with van der Waals surface area (Å²) in [4.78, 5) is 38.4. The summed E-state index contributed by atoms with van der Waals surface area (Å²) < 4.78 is 0. The first kappa shape index (κ1) is 33.9. The molecule has 0 bridgehead atoms. The van der Waals surface area contributed by atoms with Crippen LogP contribution in [0.3, 0.4) is 0 Å². The third kappa shape index (κ3) is 8.50. The van der Waals surface area contributed by atoms with E-state index in [0.29, 0.717) is 39.7 Å². The summed E-state index contributed by atoms with van der Waals surface area (Å²) in [7, 11) is 3.37. The maximum absolute atomic E-state index is 12.1. The van der Waals surface area contributed by atoms with Crippen molar-refractivity contribution in [1.82, 2.24) is 4.90 Å². The Morgan fingerprint density at radius 2 is 1.39 bits per heavy atom. The van der Waals surface area contributed by atoms with Crippen molar-refractivity contribution in [2.75, 3.05) is 31.0 Å². The third-order valence-corrected chi connectivity index (χ3v) is 8.07. The number of carbonyl (C=O) groups excluding carboxylic acids is 2. The molecule has 4 aromatic carbocycles. The molecule has 13 nitrogen and oxygen atoms in total. The molecule has 0 radical (unpaired) electrons. The lowest BCUT2D eigenvalue weighted by Crippen LogP contribution is -2.21. The van der Waals surface area contributed by atoms with Crippen LogP contribution in [-0.4, -0.2) is 47.5 Å². The zero-order valence-electron chi connectivity index (χ0n) is 26.7. The van der Waals surface area contributed by atoms with Gasteiger partial charge in [0.15, 0.2) is 5.78 Å². The summed E-state index contributed by atoms with van der Waals surface area (Å²) in [5.74, 6) is -1.98. The number of nitrogens with two attached hydrogens (primary N) is 2. The van der Waals surface area contributed by atoms with Gasteiger partial charge >= 0.3 is 5.97 Å². The normalized spacial score (nSPS) is 13.7. The minimum absolute atomic E-state index is 0.112. The van der Waals surface area contributed by atoms with Gasteiger partial charge in [0.05, 0.1) is 34.1 Å². The van der Waals surface area contributed by atoms with Crippen LogP contribution in [0.2, 0.25) is 0 Å². The summed E-state index contributed by atoms with van der Waals surface area (Å²) >= 11 is 1.55. The van der Waals surface area contributed by atoms with Gasteiger partial charge in [0, 0.05) is 29.4 Å². The van der Waals surface area contributed by atoms with Gasteiger partial charge in [-0.2, -0.15) is 15.3 Å². The monoisotopic (exact) mass is 673 g/mol. The van der Waals surface area contributed by atoms with Crippen LogP contribution in [0.5, 0.6) is 0 Å². The van der Waals surface area contributed by atoms with E-state index in [1.165, 1.54) is 23.1 Å². The number of nitrogens with zero attached hydrogens (tertiary/aromatic N) is 6. The third-order valence-electron chi connectivity index (χ3n) is 7.06. The lowest BCUT2D eigenvalue weighted by molar-refractivity contribution is -0.134. The van der Waals surface area contributed by atoms with Crippen molar-refractivity contribution in [1.29, 1.82) is 0 Å². The predicted octanol–water partition coefficient (Wildman–Crippen LogP) is 7.76. The van der Waals surface area contributed by atoms with Crippen molar-refractivity contribution in [2.24, 2.45) is 25.6 Å². The lowest BCUT2D eigenvalue weighted by atomic mass is 10.0. The Labute approximate surface area is 285 Å². The number of aliphatic carboxylic acids is 1. The maximum atomic E-state index is 12.1. The van der Waals surface area contributed by atoms with Crippen LogP contribution >= 0.6 is 11.8 Å². The summed E-state index contributed by atoms with van der Waals surface area (Å²) in [5, 5.41) is 30.5. The summed E-state index contributed by atoms with van der Waals surface area (Å²) in [6.45, 7) is 1.82. The van der Waals surface area contributed by atoms with Gasteiger partial charge in [-0.1, -0.05) is 11.8 Å². The zero-order valence-corrected chi connectivity index (χ0v) is 27.5. The van der Waals surface area contributed by atoms with Crippen LogP contribution in [0, 0.1) is 6.92 Å². The van der Waals surface area contributed by atoms with Crippen molar-refractivity contribution in [3.8, 4) is 0 Å². The molecule has 1 amide bonds. The number of anilines is 3. The molecule has 6 N–H and O–H groups in total. The first-order valence-corrected chi connectivity index (χ1v) is 15.5. The first-order chi connectivity index (χ1) is 23.5. The number of hydrogen-bond acceptors (Lipinski definition) is 12. The Morgan fingerprint density at radius 1 is 0.796 bits per heavy atom. The van der Waals surface area contributed by atoms with Gasteiger partial charge in [-0.15, -0.1) is 10.2 Å². The number of allylic oxidation sites excluding steroid dienone is 3. The number of carbonyl (C=O) groups is 3. The molecule has 0 saturated carbocycles. The Balaban J connectivity index is 1.22. The number of rotatable bonds is 10. The van der Waals surface area contributed by atoms with E-state index < -0.39 is 11.8 Å². The molecular weight excluding hydrogens is 643 g/mol. The SMILES string of the molecule is Cc1cc(N=Nc2ccc(Sc3ccc(N/N=C4\C=CC(=O)C(C(=O)O)=C4)cc3)cc2)c(N)c(N=Nc2ccc(C(=O)N(C)C)cc2)c1N. The summed E-state index contributed by atoms with van der Waals surface area (Å²) in [6.07, 6.45) is 3.85. The van der Waals surface area contributed by atoms with E-state index in [9.17, 15) is 14.4 Å². The fourth-order valence-corrected chi connectivity index (χ4v) is 5.17. The second kappa shape index (κ2) is 15.0. The van der Waals surface area contributed by atoms with Crippen molar-refractivity contribution >= 4 is 74.9 Å². The highest BCUT2D eigenvalue weighted by Crippen LogP contribution is 2.41. The highest BCUT2D eigenvalue weighted by molar-refractivity contribution is 7.99. The molecule has 4 aromatic rings. The number of ketones is 1. The number of carboxylic acid groups (broad SMARTS) is 1. The highest BCUT2D eigenvalue weighted by atomic mass is 32.2. The molecule has 14 heteroatoms. The highest BCUT2D eigenvalue weighted by Gasteiger charge is 2.19. The maximum Gasteiger partial charge on any atom is 0.339 e. The second-order valence-electron chi connectivity index (χ2n) is 10.9. The van der Waals surface area contributed by atoms with E-state index in [0.717, 1.165) is 15.4 Å². The van der Waals surface area contributed by atoms with E-state index in [-0.39, 0.29) is 22.9 Å². The van der Waals surface area contributed by atoms with Gasteiger partial charge in [0.25, 0.3) is 5.91 Å². The van der Waals surface area contributed by atoms with Crippen LogP contribution in [0.4, 0.5) is 39.8 Å². The van der Waals surface area contributed by atoms with Gasteiger partial charge in [-0.25, -0.2) is 4.79 Å². The van der Waals surface area contributed by atoms with Crippen molar-refractivity contribution < 1.29 is 19.5 Å². The molecular formula is C35H31N9O4S. The first-order valence-electron chi connectivity index (χ1n) is 14.7. The number of nitrogen functional groups attached to an aromatic ring is 2. The zero-order chi connectivity index (χ0) is 35.1. The van der Waals surface area contributed by atoms with Gasteiger partial charge in [-0.3, -0.25) is 15.0 Å². The Kier molecular flexibility index (Phi) is 10.4. The number of aryl methyl sites for hydroxylation is 1. The number of benzene rings is 4. The Hall–Kier alpha value is -6.41. The van der Waals surface area contributed by atoms with Gasteiger partial charge < -0.3 is 21.5 Å². The van der Waals surface area contributed by atoms with Crippen molar-refractivity contribution in [3.05, 3.63) is 114 Å². The molecule has 1 aliphatic rings. The minimum Gasteiger partial charge on any atom is -0.478 e. The Bertz CT molecular complexity index is 2070. The molecule has 0 atom stereocenters. The van der Waals surface area contributed by atoms with Gasteiger partial charge in [0.2, 0.25) is 0 Å². The molecule has 0 aromatic heterocycles. The second-order valence-corrected chi connectivity index (χ2v) is 12.0. The quantitative estimate of drug-likeness (QED) is 0.0430. The van der Waals surface area contributed by atoms with Crippen LogP contribution in [0.25, 0.3) is 0 Å². The molecule has 0 aliphatic heterocycles. The molecule has 5 rings (SSSR count). The van der Waals surface area contributed by atoms with Crippen molar-refractivity contribution in [3.63, 3.8) is 0 Å². The van der Waals surface area contributed by atoms with Crippen molar-refractivity contribution in [2.45, 2.75) is 16.7 Å². The number of azo groups is 2. The minimum atomic E-state index is -1.30. The molecule has 1 aliphatic carbocycles. The van der Waals surface area contributed by atoms with E-state index in [1.54, 1.807) is 56.2 Å². The predicted molar refractivity (Wildman–Crippen MR) is 191 cm³/mol. The van der Waals surface area contributed by atoms with Gasteiger partial charge in [-0.05, 0) is 110 Å². The largest absolute Gasteiger partial charge is 0.478 e. The number of hydrazone groups is 1. The fraction of sp³-hybridized carbons (Fsp3) is 0.0857. The molecule has 0 saturated heterocycles. The molecule has 49 heavy (non-hydrogen) atoms. The van der Waals surface area contributed by atoms with Gasteiger partial charge in [0.1, 0.15) is 16.9 Å². The Morgan fingerprint density at radius 3 is 2.00 bits per heavy atom. The average molecular weight is 674 g/mol. The summed E-state index contributed by atoms with van der Waals surface area (Å²) in [5.41, 5.74) is 19.9. The fourth-order valence-electron chi connectivity index (χ4n) is 4.35. The average Bonchev–Trinajstić information content (AvgIpc) is 3.10. The number of hydrogen-bond donors (Lipinski definition) is 4. The standard InChI is InChI=1S/C35H31N9O4S/c1-20-18-29(32(37)33(31(20)36)43-40-22-6-4-21(5-7-22)34(46)44(2)3)42-39-24-10-15-27(16-11-24)49-26-13-8-23(9-14-26)38-41-25-12-17-30(45)28(19-25)35(47)48/h4-19,38H,36-37H2,1-3H3,(H,47,48)/b41-25+,42-39?,43-40?. The van der Waals surface area contributed by atoms with E-state index in [1.807, 2.05) is 55.5 Å². The lowest BCUT2D eigenvalue weighted by Gasteiger charge is -2.10. The topological polar surface area (TPSA) is 201 Å².